The smallest absolute Gasteiger partial charge is 0.270 e. The molecule has 0 aromatic carbocycles. The number of thiocarbonyl (C=S) groups is 1. The van der Waals surface area contributed by atoms with Gasteiger partial charge in [0.1, 0.15) is 21.8 Å². The Labute approximate surface area is 186 Å². The van der Waals surface area contributed by atoms with E-state index in [0.717, 1.165) is 44.0 Å². The highest BCUT2D eigenvalue weighted by molar-refractivity contribution is 8.26. The van der Waals surface area contributed by atoms with E-state index in [1.54, 1.807) is 16.4 Å². The Morgan fingerprint density at radius 3 is 2.43 bits per heavy atom. The van der Waals surface area contributed by atoms with Crippen LogP contribution in [0.4, 0.5) is 5.82 Å². The topological polar surface area (TPSA) is 72.6 Å². The molecule has 0 unspecified atom stereocenters. The van der Waals surface area contributed by atoms with Gasteiger partial charge in [-0.2, -0.15) is 5.26 Å². The Hall–Kier alpha value is -2.15. The van der Waals surface area contributed by atoms with Crippen molar-refractivity contribution in [3.05, 3.63) is 31.9 Å². The summed E-state index contributed by atoms with van der Waals surface area (Å²) in [5.74, 6) is 0.677. The maximum absolute atomic E-state index is 13.0. The van der Waals surface area contributed by atoms with Crippen molar-refractivity contribution in [2.24, 2.45) is 0 Å². The van der Waals surface area contributed by atoms with E-state index in [0.29, 0.717) is 27.9 Å². The lowest BCUT2D eigenvalue weighted by Crippen LogP contribution is -2.47. The molecule has 1 aromatic heterocycles. The molecule has 0 saturated carbocycles. The molecule has 0 aliphatic carbocycles. The average Bonchev–Trinajstić information content (AvgIpc) is 2.98. The monoisotopic (exact) mass is 445 g/mol. The first-order valence-corrected chi connectivity index (χ1v) is 11.4. The highest BCUT2D eigenvalue weighted by Gasteiger charge is 2.33. The van der Waals surface area contributed by atoms with Gasteiger partial charge in [-0.1, -0.05) is 30.9 Å². The van der Waals surface area contributed by atoms with Gasteiger partial charge in [0.2, 0.25) is 0 Å². The van der Waals surface area contributed by atoms with E-state index >= 15 is 0 Å². The molecule has 0 radical (unpaired) electrons. The highest BCUT2D eigenvalue weighted by Crippen LogP contribution is 2.36. The molecular weight excluding hydrogens is 418 g/mol. The molecule has 0 atom stereocenters. The third-order valence-corrected chi connectivity index (χ3v) is 6.94. The molecule has 2 saturated heterocycles. The van der Waals surface area contributed by atoms with E-state index in [-0.39, 0.29) is 17.0 Å². The van der Waals surface area contributed by atoms with Crippen LogP contribution in [-0.2, 0) is 11.3 Å². The molecule has 30 heavy (non-hydrogen) atoms. The fraction of sp³-hybridized carbons (Fsp3) is 0.524. The van der Waals surface area contributed by atoms with Crippen molar-refractivity contribution >= 4 is 46.1 Å². The van der Waals surface area contributed by atoms with Crippen LogP contribution in [0.2, 0.25) is 0 Å². The predicted molar refractivity (Wildman–Crippen MR) is 126 cm³/mol. The molecule has 2 fully saturated rings. The van der Waals surface area contributed by atoms with E-state index in [1.807, 2.05) is 19.9 Å². The Kier molecular flexibility index (Phi) is 7.01. The Morgan fingerprint density at radius 2 is 1.87 bits per heavy atom. The highest BCUT2D eigenvalue weighted by atomic mass is 32.2. The van der Waals surface area contributed by atoms with Gasteiger partial charge >= 0.3 is 0 Å². The van der Waals surface area contributed by atoms with E-state index in [9.17, 15) is 14.9 Å². The summed E-state index contributed by atoms with van der Waals surface area (Å²) in [5.41, 5.74) is 1.23. The summed E-state index contributed by atoms with van der Waals surface area (Å²) >= 11 is 6.69. The lowest BCUT2D eigenvalue weighted by molar-refractivity contribution is -0.122. The number of aromatic nitrogens is 1. The van der Waals surface area contributed by atoms with E-state index in [4.69, 9.17) is 12.2 Å². The maximum atomic E-state index is 13.0. The van der Waals surface area contributed by atoms with Crippen LogP contribution < -0.4 is 10.5 Å². The number of carbonyl (C=O) groups is 1. The summed E-state index contributed by atoms with van der Waals surface area (Å²) in [5, 5.41) is 9.64. The predicted octanol–water partition coefficient (Wildman–Crippen LogP) is 2.41. The first-order valence-electron chi connectivity index (χ1n) is 10.2. The maximum Gasteiger partial charge on any atom is 0.270 e. The minimum atomic E-state index is -0.276. The van der Waals surface area contributed by atoms with Crippen molar-refractivity contribution in [1.29, 1.82) is 5.26 Å². The summed E-state index contributed by atoms with van der Waals surface area (Å²) in [6.07, 6.45) is 2.65. The zero-order chi connectivity index (χ0) is 22.0. The lowest BCUT2D eigenvalue weighted by atomic mass is 10.0. The molecule has 3 heterocycles. The van der Waals surface area contributed by atoms with Crippen LogP contribution in [0.15, 0.2) is 9.70 Å². The number of thioether (sulfide) groups is 1. The molecule has 0 N–H and O–H groups in total. The largest absolute Gasteiger partial charge is 0.355 e. The van der Waals surface area contributed by atoms with Crippen molar-refractivity contribution in [3.8, 4) is 6.07 Å². The molecule has 3 rings (SSSR count). The molecular formula is C21H27N5O2S2. The number of hydrogen-bond acceptors (Lipinski definition) is 7. The summed E-state index contributed by atoms with van der Waals surface area (Å²) in [6.45, 7) is 10.1. The van der Waals surface area contributed by atoms with Crippen LogP contribution in [0.1, 0.15) is 37.0 Å². The minimum absolute atomic E-state index is 0.108. The van der Waals surface area contributed by atoms with Gasteiger partial charge in [0.15, 0.2) is 0 Å². The normalized spacial score (nSPS) is 19.1. The minimum Gasteiger partial charge on any atom is -0.355 e. The Bertz CT molecular complexity index is 1000. The quantitative estimate of drug-likeness (QED) is 0.509. The van der Waals surface area contributed by atoms with Crippen LogP contribution in [0.25, 0.3) is 6.08 Å². The number of nitrogens with zero attached hydrogens (tertiary/aromatic N) is 5. The number of carbonyl (C=O) groups excluding carboxylic acids is 1. The molecule has 1 amide bonds. The Balaban J connectivity index is 2.20. The molecule has 7 nitrogen and oxygen atoms in total. The number of pyridine rings is 1. The molecule has 2 aliphatic heterocycles. The SMILES string of the molecule is CCCN1C(=O)C(=Cc2c(C)c(C#N)c(=O)n(CC)c2N2CCN(C)CC2)SC1=S. The van der Waals surface area contributed by atoms with Gasteiger partial charge in [0.05, 0.1) is 4.91 Å². The van der Waals surface area contributed by atoms with Crippen LogP contribution >= 0.6 is 24.0 Å². The fourth-order valence-electron chi connectivity index (χ4n) is 3.84. The second-order valence-electron chi connectivity index (χ2n) is 7.52. The van der Waals surface area contributed by atoms with E-state index in [1.165, 1.54) is 11.8 Å². The standard InChI is InChI=1S/C21H27N5O2S2/c1-5-7-26-20(28)17(30-21(26)29)12-15-14(3)16(13-22)19(27)25(6-2)18(15)24-10-8-23(4)9-11-24/h12H,5-11H2,1-4H3. The average molecular weight is 446 g/mol. The van der Waals surface area contributed by atoms with Crippen molar-refractivity contribution < 1.29 is 4.79 Å². The van der Waals surface area contributed by atoms with E-state index in [2.05, 4.69) is 22.9 Å². The zero-order valence-electron chi connectivity index (χ0n) is 17.9. The number of amides is 1. The summed E-state index contributed by atoms with van der Waals surface area (Å²) < 4.78 is 2.21. The first kappa shape index (κ1) is 22.5. The van der Waals surface area contributed by atoms with Gasteiger partial charge in [0, 0.05) is 44.8 Å². The zero-order valence-corrected chi connectivity index (χ0v) is 19.5. The number of anilines is 1. The number of nitriles is 1. The lowest BCUT2D eigenvalue weighted by Gasteiger charge is -2.36. The van der Waals surface area contributed by atoms with Crippen LogP contribution in [0.5, 0.6) is 0 Å². The van der Waals surface area contributed by atoms with Gasteiger partial charge in [-0.05, 0) is 39.0 Å². The van der Waals surface area contributed by atoms with Crippen LogP contribution in [-0.4, -0.2) is 64.4 Å². The van der Waals surface area contributed by atoms with Gasteiger partial charge in [-0.15, -0.1) is 0 Å². The molecule has 9 heteroatoms. The molecule has 2 aliphatic rings. The summed E-state index contributed by atoms with van der Waals surface area (Å²) in [7, 11) is 2.08. The van der Waals surface area contributed by atoms with Crippen LogP contribution in [0, 0.1) is 18.3 Å². The van der Waals surface area contributed by atoms with Crippen molar-refractivity contribution in [1.82, 2.24) is 14.4 Å². The van der Waals surface area contributed by atoms with Gasteiger partial charge in [-0.3, -0.25) is 19.1 Å². The second-order valence-corrected chi connectivity index (χ2v) is 9.20. The molecule has 160 valence electrons. The van der Waals surface area contributed by atoms with Gasteiger partial charge < -0.3 is 9.80 Å². The first-order chi connectivity index (χ1) is 14.3. The number of piperazine rings is 1. The van der Waals surface area contributed by atoms with E-state index < -0.39 is 0 Å². The third-order valence-electron chi connectivity index (χ3n) is 5.56. The number of rotatable bonds is 5. The molecule has 0 spiro atoms. The van der Waals surface area contributed by atoms with Gasteiger partial charge in [-0.25, -0.2) is 0 Å². The van der Waals surface area contributed by atoms with Crippen molar-refractivity contribution in [2.75, 3.05) is 44.7 Å². The number of likely N-dealkylation sites (N-methyl/N-ethyl adjacent to an activating group) is 1. The van der Waals surface area contributed by atoms with Crippen molar-refractivity contribution in [2.45, 2.75) is 33.7 Å². The third kappa shape index (κ3) is 4.04. The summed E-state index contributed by atoms with van der Waals surface area (Å²) in [6, 6.07) is 2.07. The van der Waals surface area contributed by atoms with Gasteiger partial charge in [0.25, 0.3) is 11.5 Å². The van der Waals surface area contributed by atoms with Crippen LogP contribution in [0.3, 0.4) is 0 Å². The molecule has 1 aromatic rings. The Morgan fingerprint density at radius 1 is 1.20 bits per heavy atom. The van der Waals surface area contributed by atoms with Crippen molar-refractivity contribution in [3.63, 3.8) is 0 Å². The second kappa shape index (κ2) is 9.33. The summed E-state index contributed by atoms with van der Waals surface area (Å²) in [4.78, 5) is 32.5. The fourth-order valence-corrected chi connectivity index (χ4v) is 5.13. The molecule has 0 bridgehead atoms. The number of hydrogen-bond donors (Lipinski definition) is 0.